The fourth-order valence-electron chi connectivity index (χ4n) is 8.47. The van der Waals surface area contributed by atoms with Crippen molar-refractivity contribution in [2.75, 3.05) is 4.90 Å². The van der Waals surface area contributed by atoms with Crippen LogP contribution in [-0.4, -0.2) is 0 Å². The van der Waals surface area contributed by atoms with Crippen LogP contribution in [0.5, 0.6) is 0 Å². The van der Waals surface area contributed by atoms with E-state index in [1.54, 1.807) is 0 Å². The van der Waals surface area contributed by atoms with Gasteiger partial charge in [0, 0.05) is 16.9 Å². The normalized spacial score (nSPS) is 11.0. The molecule has 10 aromatic carbocycles. The number of anilines is 3. The van der Waals surface area contributed by atoms with E-state index in [2.05, 4.69) is 266 Å². The third kappa shape index (κ3) is 7.81. The highest BCUT2D eigenvalue weighted by atomic mass is 15.1. The lowest BCUT2D eigenvalue weighted by atomic mass is 9.84. The van der Waals surface area contributed by atoms with Crippen molar-refractivity contribution in [3.8, 4) is 77.9 Å². The molecule has 0 aromatic heterocycles. The standard InChI is InChI=1S/C60H43N/c1-7-19-44(20-8-1)46-31-36-54(37-32-46)61(55-38-33-47(34-39-55)45-21-9-2-10-22-45)59-40-35-52(41-56(59)48-23-11-3-12-24-48)53-42-57(49-25-13-4-14-26-49)60(51-29-17-6-18-30-51)58(43-53)50-27-15-5-16-28-50/h1-43H. The summed E-state index contributed by atoms with van der Waals surface area (Å²) >= 11 is 0. The second-order valence-electron chi connectivity index (χ2n) is 15.3. The summed E-state index contributed by atoms with van der Waals surface area (Å²) in [4.78, 5) is 2.40. The Morgan fingerprint density at radius 3 is 0.885 bits per heavy atom. The topological polar surface area (TPSA) is 3.24 Å². The van der Waals surface area contributed by atoms with E-state index in [1.165, 1.54) is 55.6 Å². The van der Waals surface area contributed by atoms with Gasteiger partial charge in [-0.05, 0) is 121 Å². The highest BCUT2D eigenvalue weighted by Crippen LogP contribution is 2.47. The number of hydrogen-bond donors (Lipinski definition) is 0. The lowest BCUT2D eigenvalue weighted by Crippen LogP contribution is -2.11. The Kier molecular flexibility index (Phi) is 10.4. The predicted octanol–water partition coefficient (Wildman–Crippen LogP) is 16.8. The monoisotopic (exact) mass is 777 g/mol. The van der Waals surface area contributed by atoms with Crippen LogP contribution in [0.15, 0.2) is 261 Å². The van der Waals surface area contributed by atoms with E-state index < -0.39 is 0 Å². The number of benzene rings is 10. The number of rotatable bonds is 10. The number of nitrogens with zero attached hydrogens (tertiary/aromatic N) is 1. The highest BCUT2D eigenvalue weighted by Gasteiger charge is 2.21. The molecule has 0 spiro atoms. The Hall–Kier alpha value is -8.00. The molecular formula is C60H43N. The van der Waals surface area contributed by atoms with Crippen molar-refractivity contribution in [2.45, 2.75) is 0 Å². The predicted molar refractivity (Wildman–Crippen MR) is 259 cm³/mol. The van der Waals surface area contributed by atoms with Gasteiger partial charge in [0.15, 0.2) is 0 Å². The summed E-state index contributed by atoms with van der Waals surface area (Å²) in [5.74, 6) is 0. The SMILES string of the molecule is c1ccc(-c2ccc(N(c3ccc(-c4ccccc4)cc3)c3ccc(-c4cc(-c5ccccc5)c(-c5ccccc5)c(-c5ccccc5)c4)cc3-c3ccccc3)cc2)cc1. The van der Waals surface area contributed by atoms with Gasteiger partial charge in [0.25, 0.3) is 0 Å². The average Bonchev–Trinajstić information content (AvgIpc) is 3.36. The first kappa shape index (κ1) is 37.3. The molecule has 288 valence electrons. The molecule has 0 aliphatic carbocycles. The van der Waals surface area contributed by atoms with E-state index in [9.17, 15) is 0 Å². The van der Waals surface area contributed by atoms with Gasteiger partial charge in [0.2, 0.25) is 0 Å². The minimum atomic E-state index is 1.09. The van der Waals surface area contributed by atoms with Crippen molar-refractivity contribution in [1.29, 1.82) is 0 Å². The lowest BCUT2D eigenvalue weighted by molar-refractivity contribution is 1.28. The van der Waals surface area contributed by atoms with Crippen molar-refractivity contribution in [1.82, 2.24) is 0 Å². The van der Waals surface area contributed by atoms with Crippen LogP contribution >= 0.6 is 0 Å². The molecule has 10 rings (SSSR count). The zero-order chi connectivity index (χ0) is 40.8. The molecule has 1 nitrogen and oxygen atoms in total. The van der Waals surface area contributed by atoms with Crippen LogP contribution in [0.2, 0.25) is 0 Å². The van der Waals surface area contributed by atoms with E-state index in [0.717, 1.165) is 39.3 Å². The molecule has 0 unspecified atom stereocenters. The van der Waals surface area contributed by atoms with Gasteiger partial charge in [-0.3, -0.25) is 0 Å². The van der Waals surface area contributed by atoms with Crippen molar-refractivity contribution in [2.24, 2.45) is 0 Å². The van der Waals surface area contributed by atoms with Crippen LogP contribution in [0, 0.1) is 0 Å². The zero-order valence-corrected chi connectivity index (χ0v) is 33.8. The Bertz CT molecular complexity index is 2860. The second kappa shape index (κ2) is 17.1. The minimum absolute atomic E-state index is 1.09. The molecule has 0 aliphatic rings. The van der Waals surface area contributed by atoms with Crippen molar-refractivity contribution < 1.29 is 0 Å². The molecule has 61 heavy (non-hydrogen) atoms. The van der Waals surface area contributed by atoms with Gasteiger partial charge >= 0.3 is 0 Å². The van der Waals surface area contributed by atoms with Crippen molar-refractivity contribution in [3.05, 3.63) is 261 Å². The Labute approximate surface area is 359 Å². The van der Waals surface area contributed by atoms with E-state index >= 15 is 0 Å². The molecule has 0 atom stereocenters. The van der Waals surface area contributed by atoms with Gasteiger partial charge in [-0.1, -0.05) is 212 Å². The first-order valence-corrected chi connectivity index (χ1v) is 20.9. The molecule has 0 heterocycles. The summed E-state index contributed by atoms with van der Waals surface area (Å²) in [5, 5.41) is 0. The molecule has 0 amide bonds. The molecule has 10 aromatic rings. The molecule has 0 fully saturated rings. The van der Waals surface area contributed by atoms with Crippen LogP contribution in [0.4, 0.5) is 17.1 Å². The molecule has 0 N–H and O–H groups in total. The quantitative estimate of drug-likeness (QED) is 0.134. The Balaban J connectivity index is 1.18. The van der Waals surface area contributed by atoms with Crippen molar-refractivity contribution >= 4 is 17.1 Å². The summed E-state index contributed by atoms with van der Waals surface area (Å²) < 4.78 is 0. The third-order valence-corrected chi connectivity index (χ3v) is 11.5. The number of hydrogen-bond acceptors (Lipinski definition) is 1. The molecule has 0 saturated heterocycles. The van der Waals surface area contributed by atoms with Gasteiger partial charge in [-0.25, -0.2) is 0 Å². The second-order valence-corrected chi connectivity index (χ2v) is 15.3. The van der Waals surface area contributed by atoms with Gasteiger partial charge in [-0.15, -0.1) is 0 Å². The minimum Gasteiger partial charge on any atom is -0.310 e. The molecule has 1 heteroatoms. The van der Waals surface area contributed by atoms with Crippen LogP contribution in [0.25, 0.3) is 77.9 Å². The summed E-state index contributed by atoms with van der Waals surface area (Å²) in [6.07, 6.45) is 0. The van der Waals surface area contributed by atoms with E-state index in [0.29, 0.717) is 0 Å². The molecule has 0 bridgehead atoms. The first-order chi connectivity index (χ1) is 30.3. The van der Waals surface area contributed by atoms with Gasteiger partial charge in [0.1, 0.15) is 0 Å². The van der Waals surface area contributed by atoms with Crippen LogP contribution in [0.3, 0.4) is 0 Å². The molecular weight excluding hydrogens is 735 g/mol. The molecule has 0 aliphatic heterocycles. The van der Waals surface area contributed by atoms with Gasteiger partial charge in [-0.2, -0.15) is 0 Å². The maximum atomic E-state index is 2.40. The summed E-state index contributed by atoms with van der Waals surface area (Å²) in [7, 11) is 0. The summed E-state index contributed by atoms with van der Waals surface area (Å²) in [5.41, 5.74) is 19.8. The third-order valence-electron chi connectivity index (χ3n) is 11.5. The van der Waals surface area contributed by atoms with Gasteiger partial charge < -0.3 is 4.90 Å². The fourth-order valence-corrected chi connectivity index (χ4v) is 8.47. The van der Waals surface area contributed by atoms with Crippen LogP contribution < -0.4 is 4.90 Å². The largest absolute Gasteiger partial charge is 0.310 e. The van der Waals surface area contributed by atoms with E-state index in [4.69, 9.17) is 0 Å². The van der Waals surface area contributed by atoms with Gasteiger partial charge in [0.05, 0.1) is 5.69 Å². The lowest BCUT2D eigenvalue weighted by Gasteiger charge is -2.29. The summed E-state index contributed by atoms with van der Waals surface area (Å²) in [6, 6.07) is 94.1. The van der Waals surface area contributed by atoms with E-state index in [-0.39, 0.29) is 0 Å². The first-order valence-electron chi connectivity index (χ1n) is 20.9. The molecule has 0 radical (unpaired) electrons. The fraction of sp³-hybridized carbons (Fsp3) is 0. The maximum Gasteiger partial charge on any atom is 0.0540 e. The Morgan fingerprint density at radius 1 is 0.197 bits per heavy atom. The van der Waals surface area contributed by atoms with E-state index in [1.807, 2.05) is 0 Å². The maximum absolute atomic E-state index is 2.40. The average molecular weight is 778 g/mol. The highest BCUT2D eigenvalue weighted by molar-refractivity contribution is 5.99. The summed E-state index contributed by atoms with van der Waals surface area (Å²) in [6.45, 7) is 0. The molecule has 0 saturated carbocycles. The Morgan fingerprint density at radius 2 is 0.492 bits per heavy atom. The zero-order valence-electron chi connectivity index (χ0n) is 33.8. The smallest absolute Gasteiger partial charge is 0.0540 e. The van der Waals surface area contributed by atoms with Crippen molar-refractivity contribution in [3.63, 3.8) is 0 Å². The van der Waals surface area contributed by atoms with Crippen LogP contribution in [0.1, 0.15) is 0 Å². The van der Waals surface area contributed by atoms with Crippen LogP contribution in [-0.2, 0) is 0 Å².